The van der Waals surface area contributed by atoms with Crippen LogP contribution in [0.4, 0.5) is 0 Å². The molecule has 0 atom stereocenters. The molecule has 1 N–H and O–H groups in total. The number of aromatic nitrogens is 2. The van der Waals surface area contributed by atoms with Crippen molar-refractivity contribution in [2.24, 2.45) is 0 Å². The predicted molar refractivity (Wildman–Crippen MR) is 58.1 cm³/mol. The van der Waals surface area contributed by atoms with E-state index in [-0.39, 0.29) is 6.54 Å². The average Bonchev–Trinajstić information content (AvgIpc) is 3.03. The molecule has 86 valence electrons. The second kappa shape index (κ2) is 4.76. The molecule has 1 heterocycles. The third-order valence-corrected chi connectivity index (χ3v) is 2.66. The van der Waals surface area contributed by atoms with Gasteiger partial charge in [0.15, 0.2) is 5.15 Å². The highest BCUT2D eigenvalue weighted by atomic mass is 35.5. The number of carbonyl (C=O) groups is 1. The van der Waals surface area contributed by atoms with Crippen LogP contribution in [0, 0.1) is 0 Å². The van der Waals surface area contributed by atoms with Crippen molar-refractivity contribution < 1.29 is 9.90 Å². The normalized spacial score (nSPS) is 15.4. The SMILES string of the molecule is O=C(O)CN(Cc1ccc(Cl)nn1)C1CC1. The number of hydrogen-bond acceptors (Lipinski definition) is 4. The smallest absolute Gasteiger partial charge is 0.317 e. The second-order valence-electron chi connectivity index (χ2n) is 3.88. The maximum Gasteiger partial charge on any atom is 0.317 e. The molecule has 0 aliphatic heterocycles. The first-order valence-corrected chi connectivity index (χ1v) is 5.47. The monoisotopic (exact) mass is 241 g/mol. The van der Waals surface area contributed by atoms with E-state index in [9.17, 15) is 4.79 Å². The molecule has 0 unspecified atom stereocenters. The Morgan fingerprint density at radius 2 is 2.25 bits per heavy atom. The van der Waals surface area contributed by atoms with Crippen LogP contribution in [0.1, 0.15) is 18.5 Å². The summed E-state index contributed by atoms with van der Waals surface area (Å²) in [5.41, 5.74) is 0.748. The summed E-state index contributed by atoms with van der Waals surface area (Å²) in [5, 5.41) is 16.8. The second-order valence-corrected chi connectivity index (χ2v) is 4.26. The van der Waals surface area contributed by atoms with Crippen molar-refractivity contribution in [1.29, 1.82) is 0 Å². The van der Waals surface area contributed by atoms with Crippen LogP contribution in [0.5, 0.6) is 0 Å². The molecule has 1 aliphatic rings. The molecule has 0 amide bonds. The Bertz CT molecular complexity index is 378. The van der Waals surface area contributed by atoms with Gasteiger partial charge in [0.2, 0.25) is 0 Å². The van der Waals surface area contributed by atoms with Crippen molar-refractivity contribution in [2.75, 3.05) is 6.54 Å². The van der Waals surface area contributed by atoms with E-state index < -0.39 is 5.97 Å². The number of nitrogens with zero attached hydrogens (tertiary/aromatic N) is 3. The van der Waals surface area contributed by atoms with Gasteiger partial charge < -0.3 is 5.11 Å². The Kier molecular flexibility index (Phi) is 3.36. The summed E-state index contributed by atoms with van der Waals surface area (Å²) in [6, 6.07) is 3.82. The van der Waals surface area contributed by atoms with Gasteiger partial charge in [0.25, 0.3) is 0 Å². The molecule has 5 nitrogen and oxygen atoms in total. The van der Waals surface area contributed by atoms with Gasteiger partial charge >= 0.3 is 5.97 Å². The molecule has 0 aromatic carbocycles. The fourth-order valence-corrected chi connectivity index (χ4v) is 1.66. The molecular formula is C10H12ClN3O2. The van der Waals surface area contributed by atoms with E-state index in [4.69, 9.17) is 16.7 Å². The van der Waals surface area contributed by atoms with E-state index in [2.05, 4.69) is 10.2 Å². The first-order valence-electron chi connectivity index (χ1n) is 5.09. The van der Waals surface area contributed by atoms with Gasteiger partial charge in [-0.2, -0.15) is 5.10 Å². The van der Waals surface area contributed by atoms with Crippen LogP contribution in [0.3, 0.4) is 0 Å². The Labute approximate surface area is 98.0 Å². The molecule has 6 heteroatoms. The fraction of sp³-hybridized carbons (Fsp3) is 0.500. The predicted octanol–water partition coefficient (Wildman–Crippen LogP) is 1.18. The highest BCUT2D eigenvalue weighted by Crippen LogP contribution is 2.27. The summed E-state index contributed by atoms with van der Waals surface area (Å²) in [6.45, 7) is 0.566. The van der Waals surface area contributed by atoms with Crippen molar-refractivity contribution in [3.8, 4) is 0 Å². The maximum atomic E-state index is 10.7. The molecule has 2 rings (SSSR count). The molecular weight excluding hydrogens is 230 g/mol. The minimum atomic E-state index is -0.811. The van der Waals surface area contributed by atoms with E-state index >= 15 is 0 Å². The lowest BCUT2D eigenvalue weighted by Gasteiger charge is -2.18. The minimum absolute atomic E-state index is 0.0506. The van der Waals surface area contributed by atoms with Gasteiger partial charge in [0, 0.05) is 12.6 Å². The van der Waals surface area contributed by atoms with Gasteiger partial charge in [0.05, 0.1) is 12.2 Å². The highest BCUT2D eigenvalue weighted by Gasteiger charge is 2.30. The quantitative estimate of drug-likeness (QED) is 0.839. The first kappa shape index (κ1) is 11.3. The lowest BCUT2D eigenvalue weighted by atomic mass is 10.3. The topological polar surface area (TPSA) is 66.3 Å². The zero-order valence-corrected chi connectivity index (χ0v) is 9.39. The summed E-state index contributed by atoms with van der Waals surface area (Å²) in [7, 11) is 0. The lowest BCUT2D eigenvalue weighted by Crippen LogP contribution is -2.31. The summed E-state index contributed by atoms with van der Waals surface area (Å²) >= 11 is 5.63. The number of aliphatic carboxylic acids is 1. The van der Waals surface area contributed by atoms with E-state index in [1.54, 1.807) is 12.1 Å². The summed E-state index contributed by atoms with van der Waals surface area (Å²) in [5.74, 6) is -0.811. The maximum absolute atomic E-state index is 10.7. The van der Waals surface area contributed by atoms with Crippen molar-refractivity contribution in [1.82, 2.24) is 15.1 Å². The largest absolute Gasteiger partial charge is 0.480 e. The van der Waals surface area contributed by atoms with Crippen LogP contribution in [-0.2, 0) is 11.3 Å². The minimum Gasteiger partial charge on any atom is -0.480 e. The molecule has 1 fully saturated rings. The van der Waals surface area contributed by atoms with Crippen LogP contribution in [0.25, 0.3) is 0 Å². The van der Waals surface area contributed by atoms with Crippen molar-refractivity contribution in [3.63, 3.8) is 0 Å². The zero-order valence-electron chi connectivity index (χ0n) is 8.64. The number of rotatable bonds is 5. The standard InChI is InChI=1S/C10H12ClN3O2/c11-9-4-1-7(12-13-9)5-14(6-10(15)16)8-2-3-8/h1,4,8H,2-3,5-6H2,(H,15,16). The van der Waals surface area contributed by atoms with Gasteiger partial charge in [-0.1, -0.05) is 11.6 Å². The Hall–Kier alpha value is -1.20. The summed E-state index contributed by atoms with van der Waals surface area (Å²) < 4.78 is 0. The Morgan fingerprint density at radius 1 is 1.50 bits per heavy atom. The molecule has 1 aromatic heterocycles. The molecule has 1 aromatic rings. The third-order valence-electron chi connectivity index (χ3n) is 2.45. The number of halogens is 1. The molecule has 1 aliphatic carbocycles. The Balaban J connectivity index is 1.99. The van der Waals surface area contributed by atoms with Gasteiger partial charge in [-0.3, -0.25) is 9.69 Å². The van der Waals surface area contributed by atoms with Crippen molar-refractivity contribution in [2.45, 2.75) is 25.4 Å². The third kappa shape index (κ3) is 3.15. The zero-order chi connectivity index (χ0) is 11.5. The lowest BCUT2D eigenvalue weighted by molar-refractivity contribution is -0.138. The molecule has 1 saturated carbocycles. The van der Waals surface area contributed by atoms with Crippen LogP contribution < -0.4 is 0 Å². The number of carboxylic acid groups (broad SMARTS) is 1. The highest BCUT2D eigenvalue weighted by molar-refractivity contribution is 6.29. The average molecular weight is 242 g/mol. The van der Waals surface area contributed by atoms with Gasteiger partial charge in [-0.15, -0.1) is 5.10 Å². The van der Waals surface area contributed by atoms with Crippen LogP contribution in [0.2, 0.25) is 5.15 Å². The van der Waals surface area contributed by atoms with E-state index in [0.29, 0.717) is 17.7 Å². The van der Waals surface area contributed by atoms with Crippen LogP contribution in [0.15, 0.2) is 12.1 Å². The Morgan fingerprint density at radius 3 is 2.75 bits per heavy atom. The molecule has 0 radical (unpaired) electrons. The number of hydrogen-bond donors (Lipinski definition) is 1. The summed E-state index contributed by atoms with van der Waals surface area (Å²) in [6.07, 6.45) is 2.13. The van der Waals surface area contributed by atoms with Crippen LogP contribution >= 0.6 is 11.6 Å². The number of carboxylic acids is 1. The van der Waals surface area contributed by atoms with E-state index in [0.717, 1.165) is 18.5 Å². The molecule has 0 bridgehead atoms. The van der Waals surface area contributed by atoms with Gasteiger partial charge in [0.1, 0.15) is 0 Å². The van der Waals surface area contributed by atoms with Crippen LogP contribution in [-0.4, -0.2) is 38.8 Å². The van der Waals surface area contributed by atoms with E-state index in [1.807, 2.05) is 4.90 Å². The van der Waals surface area contributed by atoms with Gasteiger partial charge in [-0.25, -0.2) is 0 Å². The summed E-state index contributed by atoms with van der Waals surface area (Å²) in [4.78, 5) is 12.6. The van der Waals surface area contributed by atoms with Gasteiger partial charge in [-0.05, 0) is 25.0 Å². The molecule has 16 heavy (non-hydrogen) atoms. The molecule has 0 spiro atoms. The fourth-order valence-electron chi connectivity index (χ4n) is 1.56. The van der Waals surface area contributed by atoms with Crippen molar-refractivity contribution >= 4 is 17.6 Å². The van der Waals surface area contributed by atoms with E-state index in [1.165, 1.54) is 0 Å². The molecule has 0 saturated heterocycles. The first-order chi connectivity index (χ1) is 7.65. The van der Waals surface area contributed by atoms with Crippen molar-refractivity contribution in [3.05, 3.63) is 23.0 Å².